The summed E-state index contributed by atoms with van der Waals surface area (Å²) in [6, 6.07) is 18.0. The topological polar surface area (TPSA) is 71.8 Å². The van der Waals surface area contributed by atoms with Crippen LogP contribution in [0.4, 0.5) is 0 Å². The van der Waals surface area contributed by atoms with E-state index in [1.165, 1.54) is 12.7 Å². The molecule has 1 aliphatic carbocycles. The van der Waals surface area contributed by atoms with Crippen LogP contribution in [-0.2, 0) is 11.3 Å². The van der Waals surface area contributed by atoms with E-state index in [-0.39, 0.29) is 30.2 Å². The van der Waals surface area contributed by atoms with Gasteiger partial charge in [0.05, 0.1) is 13.4 Å². The first kappa shape index (κ1) is 23.6. The summed E-state index contributed by atoms with van der Waals surface area (Å²) in [6.07, 6.45) is 6.84. The summed E-state index contributed by atoms with van der Waals surface area (Å²) in [4.78, 5) is 29.0. The van der Waals surface area contributed by atoms with Crippen LogP contribution in [0.3, 0.4) is 0 Å². The summed E-state index contributed by atoms with van der Waals surface area (Å²) in [7, 11) is 1.62. The maximum Gasteiger partial charge on any atom is 0.290 e. The van der Waals surface area contributed by atoms with Crippen LogP contribution < -0.4 is 10.1 Å². The maximum atomic E-state index is 13.7. The zero-order valence-electron chi connectivity index (χ0n) is 19.8. The Morgan fingerprint density at radius 1 is 1.03 bits per heavy atom. The first-order chi connectivity index (χ1) is 16.5. The number of furan rings is 1. The fraction of sp³-hybridized carbons (Fsp3) is 0.357. The summed E-state index contributed by atoms with van der Waals surface area (Å²) in [5.74, 6) is 0.447. The summed E-state index contributed by atoms with van der Waals surface area (Å²) in [5.41, 5.74) is 2.75. The molecular formula is C28H32N2O4. The third-order valence-corrected chi connectivity index (χ3v) is 6.41. The van der Waals surface area contributed by atoms with Crippen LogP contribution in [0.15, 0.2) is 71.3 Å². The van der Waals surface area contributed by atoms with Crippen LogP contribution in [0, 0.1) is 6.92 Å². The molecule has 178 valence electrons. The summed E-state index contributed by atoms with van der Waals surface area (Å²) in [5, 5.41) is 3.23. The van der Waals surface area contributed by atoms with E-state index >= 15 is 0 Å². The average molecular weight is 461 g/mol. The van der Waals surface area contributed by atoms with Crippen LogP contribution in [0.1, 0.15) is 65.4 Å². The SMILES string of the molecule is COc1ccc(CN(C(=O)c2ccco2)[C@@H](C(=O)NC2CCCCC2)c2ccc(C)cc2)cc1. The molecule has 1 fully saturated rings. The highest BCUT2D eigenvalue weighted by molar-refractivity contribution is 5.96. The number of carbonyl (C=O) groups is 2. The number of amides is 2. The first-order valence-corrected chi connectivity index (χ1v) is 11.9. The van der Waals surface area contributed by atoms with Crippen molar-refractivity contribution in [2.45, 2.75) is 57.7 Å². The molecule has 1 saturated carbocycles. The van der Waals surface area contributed by atoms with Crippen molar-refractivity contribution in [3.8, 4) is 5.75 Å². The average Bonchev–Trinajstić information content (AvgIpc) is 3.40. The standard InChI is InChI=1S/C28H32N2O4/c1-20-10-14-22(15-11-20)26(27(31)29-23-7-4-3-5-8-23)30(28(32)25-9-6-18-34-25)19-21-12-16-24(33-2)17-13-21/h6,9-18,23,26H,3-5,7-8,19H2,1-2H3,(H,29,31)/t26-/m1/s1. The van der Waals surface area contributed by atoms with E-state index in [1.807, 2.05) is 55.5 Å². The van der Waals surface area contributed by atoms with Gasteiger partial charge in [-0.25, -0.2) is 0 Å². The van der Waals surface area contributed by atoms with E-state index in [0.29, 0.717) is 0 Å². The van der Waals surface area contributed by atoms with Crippen LogP contribution in [0.2, 0.25) is 0 Å². The van der Waals surface area contributed by atoms with Crippen LogP contribution in [0.25, 0.3) is 0 Å². The molecule has 4 rings (SSSR count). The number of nitrogens with zero attached hydrogens (tertiary/aromatic N) is 1. The Bertz CT molecular complexity index is 1070. The fourth-order valence-corrected chi connectivity index (χ4v) is 4.50. The van der Waals surface area contributed by atoms with Gasteiger partial charge in [-0.2, -0.15) is 0 Å². The third kappa shape index (κ3) is 5.68. The minimum absolute atomic E-state index is 0.135. The second-order valence-corrected chi connectivity index (χ2v) is 8.92. The van der Waals surface area contributed by atoms with Crippen molar-refractivity contribution < 1.29 is 18.7 Å². The molecular weight excluding hydrogens is 428 g/mol. The number of methoxy groups -OCH3 is 1. The minimum Gasteiger partial charge on any atom is -0.497 e. The normalized spacial score (nSPS) is 14.9. The van der Waals surface area contributed by atoms with Crippen molar-refractivity contribution in [2.24, 2.45) is 0 Å². The number of hydrogen-bond acceptors (Lipinski definition) is 4. The molecule has 1 N–H and O–H groups in total. The van der Waals surface area contributed by atoms with Crippen molar-refractivity contribution in [2.75, 3.05) is 7.11 Å². The zero-order chi connectivity index (χ0) is 23.9. The second kappa shape index (κ2) is 11.1. The van der Waals surface area contributed by atoms with Gasteiger partial charge in [0, 0.05) is 12.6 Å². The monoisotopic (exact) mass is 460 g/mol. The lowest BCUT2D eigenvalue weighted by molar-refractivity contribution is -0.127. The molecule has 3 aromatic rings. The number of benzene rings is 2. The first-order valence-electron chi connectivity index (χ1n) is 11.9. The lowest BCUT2D eigenvalue weighted by atomic mass is 9.94. The Morgan fingerprint density at radius 2 is 1.74 bits per heavy atom. The lowest BCUT2D eigenvalue weighted by Crippen LogP contribution is -2.46. The van der Waals surface area contributed by atoms with E-state index in [0.717, 1.165) is 48.1 Å². The third-order valence-electron chi connectivity index (χ3n) is 6.41. The number of nitrogens with one attached hydrogen (secondary N) is 1. The quantitative estimate of drug-likeness (QED) is 0.487. The van der Waals surface area contributed by atoms with Gasteiger partial charge in [0.2, 0.25) is 5.91 Å². The second-order valence-electron chi connectivity index (χ2n) is 8.92. The van der Waals surface area contributed by atoms with E-state index in [4.69, 9.17) is 9.15 Å². The number of rotatable bonds is 8. The molecule has 0 bridgehead atoms. The number of aryl methyl sites for hydroxylation is 1. The van der Waals surface area contributed by atoms with Gasteiger partial charge in [-0.1, -0.05) is 61.2 Å². The van der Waals surface area contributed by atoms with Gasteiger partial charge in [-0.15, -0.1) is 0 Å². The molecule has 1 atom stereocenters. The van der Waals surface area contributed by atoms with Gasteiger partial charge in [0.15, 0.2) is 5.76 Å². The Hall–Kier alpha value is -3.54. The van der Waals surface area contributed by atoms with Gasteiger partial charge >= 0.3 is 0 Å². The predicted octanol–water partition coefficient (Wildman–Crippen LogP) is 5.43. The molecule has 1 aliphatic rings. The van der Waals surface area contributed by atoms with Crippen LogP contribution >= 0.6 is 0 Å². The Labute approximate surface area is 200 Å². The summed E-state index contributed by atoms with van der Waals surface area (Å²) < 4.78 is 10.7. The smallest absolute Gasteiger partial charge is 0.290 e. The molecule has 6 heteroatoms. The van der Waals surface area contributed by atoms with Crippen molar-refractivity contribution in [1.82, 2.24) is 10.2 Å². The fourth-order valence-electron chi connectivity index (χ4n) is 4.50. The predicted molar refractivity (Wildman–Crippen MR) is 131 cm³/mol. The lowest BCUT2D eigenvalue weighted by Gasteiger charge is -2.33. The van der Waals surface area contributed by atoms with Gasteiger partial charge in [-0.05, 0) is 55.2 Å². The number of hydrogen-bond donors (Lipinski definition) is 1. The molecule has 0 spiro atoms. The van der Waals surface area contributed by atoms with Crippen molar-refractivity contribution >= 4 is 11.8 Å². The molecule has 34 heavy (non-hydrogen) atoms. The highest BCUT2D eigenvalue weighted by atomic mass is 16.5. The van der Waals surface area contributed by atoms with Gasteiger partial charge in [0.1, 0.15) is 11.8 Å². The summed E-state index contributed by atoms with van der Waals surface area (Å²) >= 11 is 0. The van der Waals surface area contributed by atoms with Crippen molar-refractivity contribution in [1.29, 1.82) is 0 Å². The summed E-state index contributed by atoms with van der Waals surface area (Å²) in [6.45, 7) is 2.25. The number of ether oxygens (including phenoxy) is 1. The van der Waals surface area contributed by atoms with Crippen LogP contribution in [0.5, 0.6) is 5.75 Å². The van der Waals surface area contributed by atoms with Gasteiger partial charge < -0.3 is 19.4 Å². The molecule has 2 aromatic carbocycles. The number of carbonyl (C=O) groups excluding carboxylic acids is 2. The highest BCUT2D eigenvalue weighted by Crippen LogP contribution is 2.28. The highest BCUT2D eigenvalue weighted by Gasteiger charge is 2.34. The largest absolute Gasteiger partial charge is 0.497 e. The van der Waals surface area contributed by atoms with E-state index in [1.54, 1.807) is 24.1 Å². The van der Waals surface area contributed by atoms with Crippen LogP contribution in [-0.4, -0.2) is 29.9 Å². The molecule has 2 amide bonds. The molecule has 0 aliphatic heterocycles. The molecule has 0 saturated heterocycles. The molecule has 1 heterocycles. The van der Waals surface area contributed by atoms with E-state index in [9.17, 15) is 9.59 Å². The van der Waals surface area contributed by atoms with Gasteiger partial charge in [-0.3, -0.25) is 9.59 Å². The van der Waals surface area contributed by atoms with E-state index < -0.39 is 6.04 Å². The van der Waals surface area contributed by atoms with Gasteiger partial charge in [0.25, 0.3) is 5.91 Å². The Kier molecular flexibility index (Phi) is 7.68. The van der Waals surface area contributed by atoms with E-state index in [2.05, 4.69) is 5.32 Å². The Balaban J connectivity index is 1.71. The van der Waals surface area contributed by atoms with Crippen molar-refractivity contribution in [3.05, 3.63) is 89.4 Å². The van der Waals surface area contributed by atoms with Crippen molar-refractivity contribution in [3.63, 3.8) is 0 Å². The molecule has 1 aromatic heterocycles. The maximum absolute atomic E-state index is 13.7. The Morgan fingerprint density at radius 3 is 2.35 bits per heavy atom. The molecule has 6 nitrogen and oxygen atoms in total. The molecule has 0 unspecified atom stereocenters. The minimum atomic E-state index is -0.790. The zero-order valence-corrected chi connectivity index (χ0v) is 19.8. The molecule has 0 radical (unpaired) electrons.